The summed E-state index contributed by atoms with van der Waals surface area (Å²) in [5.41, 5.74) is 1.91. The number of rotatable bonds is 2. The summed E-state index contributed by atoms with van der Waals surface area (Å²) in [5, 5.41) is 8.79. The molecule has 0 amide bonds. The molecule has 0 atom stereocenters. The number of carboxylic acid groups (broad SMARTS) is 1. The van der Waals surface area contributed by atoms with E-state index in [4.69, 9.17) is 5.11 Å². The van der Waals surface area contributed by atoms with Crippen molar-refractivity contribution in [2.45, 2.75) is 6.92 Å². The van der Waals surface area contributed by atoms with E-state index in [2.05, 4.69) is 59.2 Å². The lowest BCUT2D eigenvalue weighted by molar-refractivity contribution is 0.0598. The van der Waals surface area contributed by atoms with Gasteiger partial charge in [-0.3, -0.25) is 0 Å². The fourth-order valence-corrected chi connectivity index (χ4v) is 3.68. The number of hydrogen-bond donors (Lipinski definition) is 1. The molecule has 2 rings (SSSR count). The standard InChI is InChI=1S/2C8H6BrIO2/c1-4-2-5(9)3-6(7(4)10)8(11)12;1-12-8(11)6-4-5(9)2-3-7(6)10/h2-3H,1H3,(H,11,12);2-4H,1H3. The van der Waals surface area contributed by atoms with Crippen molar-refractivity contribution >= 4 is 89.0 Å². The van der Waals surface area contributed by atoms with Gasteiger partial charge >= 0.3 is 11.9 Å². The maximum atomic E-state index is 11.1. The molecule has 0 saturated carbocycles. The number of ether oxygens (including phenoxy) is 1. The van der Waals surface area contributed by atoms with E-state index in [0.717, 1.165) is 21.6 Å². The van der Waals surface area contributed by atoms with E-state index in [1.165, 1.54) is 7.11 Å². The van der Waals surface area contributed by atoms with Crippen LogP contribution in [0, 0.1) is 14.1 Å². The minimum absolute atomic E-state index is 0.305. The van der Waals surface area contributed by atoms with Crippen molar-refractivity contribution in [2.75, 3.05) is 7.11 Å². The molecular formula is C16H12Br2I2O4. The average molecular weight is 682 g/mol. The van der Waals surface area contributed by atoms with Crippen LogP contribution < -0.4 is 0 Å². The highest BCUT2D eigenvalue weighted by Gasteiger charge is 2.11. The molecule has 0 aromatic heterocycles. The molecule has 0 spiro atoms. The smallest absolute Gasteiger partial charge is 0.338 e. The number of carboxylic acids is 1. The second-order valence-corrected chi connectivity index (χ2v) is 8.58. The van der Waals surface area contributed by atoms with E-state index in [1.54, 1.807) is 12.1 Å². The van der Waals surface area contributed by atoms with Crippen LogP contribution in [0.3, 0.4) is 0 Å². The third-order valence-corrected chi connectivity index (χ3v) is 6.11. The van der Waals surface area contributed by atoms with Crippen LogP contribution in [0.25, 0.3) is 0 Å². The molecule has 24 heavy (non-hydrogen) atoms. The van der Waals surface area contributed by atoms with Crippen LogP contribution in [0.4, 0.5) is 0 Å². The normalized spacial score (nSPS) is 9.75. The first kappa shape index (κ1) is 21.8. The fourth-order valence-electron chi connectivity index (χ4n) is 1.65. The average Bonchev–Trinajstić information content (AvgIpc) is 2.52. The predicted molar refractivity (Wildman–Crippen MR) is 117 cm³/mol. The molecule has 0 saturated heterocycles. The summed E-state index contributed by atoms with van der Waals surface area (Å²) in [6, 6.07) is 8.99. The van der Waals surface area contributed by atoms with Gasteiger partial charge in [-0.05, 0) is 88.0 Å². The first-order chi connectivity index (χ1) is 11.2. The summed E-state index contributed by atoms with van der Waals surface area (Å²) < 4.78 is 7.98. The number of aromatic carboxylic acids is 1. The van der Waals surface area contributed by atoms with Crippen molar-refractivity contribution < 1.29 is 19.4 Å². The Labute approximate surface area is 183 Å². The van der Waals surface area contributed by atoms with Crippen LogP contribution in [0.5, 0.6) is 0 Å². The van der Waals surface area contributed by atoms with Crippen LogP contribution in [0.1, 0.15) is 26.3 Å². The van der Waals surface area contributed by atoms with Gasteiger partial charge in [0.25, 0.3) is 0 Å². The SMILES string of the molecule is COC(=O)c1cc(Br)ccc1I.Cc1cc(Br)cc(C(=O)O)c1I. The Morgan fingerprint density at radius 1 is 1.04 bits per heavy atom. The van der Waals surface area contributed by atoms with Gasteiger partial charge in [-0.1, -0.05) is 31.9 Å². The Morgan fingerprint density at radius 3 is 2.17 bits per heavy atom. The van der Waals surface area contributed by atoms with E-state index in [9.17, 15) is 9.59 Å². The molecule has 0 aliphatic carbocycles. The zero-order chi connectivity index (χ0) is 18.4. The largest absolute Gasteiger partial charge is 0.478 e. The molecule has 4 nitrogen and oxygen atoms in total. The molecule has 2 aromatic carbocycles. The van der Waals surface area contributed by atoms with Gasteiger partial charge in [0, 0.05) is 16.1 Å². The molecule has 0 aliphatic heterocycles. The first-order valence-corrected chi connectivity index (χ1v) is 10.1. The van der Waals surface area contributed by atoms with Gasteiger partial charge in [0.05, 0.1) is 18.2 Å². The van der Waals surface area contributed by atoms with Gasteiger partial charge in [-0.25, -0.2) is 9.59 Å². The Balaban J connectivity index is 0.000000240. The van der Waals surface area contributed by atoms with E-state index >= 15 is 0 Å². The molecule has 0 radical (unpaired) electrons. The van der Waals surface area contributed by atoms with Crippen molar-refractivity contribution in [1.82, 2.24) is 0 Å². The first-order valence-electron chi connectivity index (χ1n) is 6.39. The lowest BCUT2D eigenvalue weighted by Gasteiger charge is -2.03. The number of halogens is 4. The van der Waals surface area contributed by atoms with Gasteiger partial charge in [0.1, 0.15) is 0 Å². The van der Waals surface area contributed by atoms with E-state index in [1.807, 2.05) is 47.7 Å². The van der Waals surface area contributed by atoms with Crippen LogP contribution in [-0.2, 0) is 4.74 Å². The second-order valence-electron chi connectivity index (χ2n) is 4.51. The van der Waals surface area contributed by atoms with Crippen LogP contribution in [-0.4, -0.2) is 24.2 Å². The number of carbonyl (C=O) groups is 2. The molecule has 0 heterocycles. The highest BCUT2D eigenvalue weighted by atomic mass is 127. The van der Waals surface area contributed by atoms with E-state index in [0.29, 0.717) is 11.1 Å². The van der Waals surface area contributed by atoms with Crippen molar-refractivity contribution in [3.8, 4) is 0 Å². The van der Waals surface area contributed by atoms with Gasteiger partial charge in [-0.15, -0.1) is 0 Å². The number of benzene rings is 2. The van der Waals surface area contributed by atoms with Gasteiger partial charge in [0.2, 0.25) is 0 Å². The number of carbonyl (C=O) groups excluding carboxylic acids is 1. The van der Waals surface area contributed by atoms with Gasteiger partial charge in [0.15, 0.2) is 0 Å². The molecule has 0 fully saturated rings. The summed E-state index contributed by atoms with van der Waals surface area (Å²) in [5.74, 6) is -1.19. The zero-order valence-corrected chi connectivity index (χ0v) is 20.1. The van der Waals surface area contributed by atoms with Gasteiger partial charge < -0.3 is 9.84 Å². The van der Waals surface area contributed by atoms with E-state index in [-0.39, 0.29) is 5.97 Å². The van der Waals surface area contributed by atoms with Crippen molar-refractivity contribution in [3.63, 3.8) is 0 Å². The highest BCUT2D eigenvalue weighted by Crippen LogP contribution is 2.22. The maximum absolute atomic E-state index is 11.1. The summed E-state index contributed by atoms with van der Waals surface area (Å²) >= 11 is 10.7. The number of methoxy groups -OCH3 is 1. The lowest BCUT2D eigenvalue weighted by Crippen LogP contribution is -2.03. The third-order valence-electron chi connectivity index (χ3n) is 2.78. The van der Waals surface area contributed by atoms with Crippen molar-refractivity contribution in [2.24, 2.45) is 0 Å². The predicted octanol–water partition coefficient (Wildman–Crippen LogP) is 5.90. The topological polar surface area (TPSA) is 63.6 Å². The van der Waals surface area contributed by atoms with E-state index < -0.39 is 5.97 Å². The molecule has 128 valence electrons. The number of esters is 1. The van der Waals surface area contributed by atoms with Crippen molar-refractivity contribution in [3.05, 3.63) is 63.1 Å². The Hall–Kier alpha value is -0.200. The fraction of sp³-hybridized carbons (Fsp3) is 0.125. The second kappa shape index (κ2) is 10.1. The monoisotopic (exact) mass is 680 g/mol. The maximum Gasteiger partial charge on any atom is 0.338 e. The van der Waals surface area contributed by atoms with Crippen LogP contribution >= 0.6 is 77.0 Å². The van der Waals surface area contributed by atoms with Crippen LogP contribution in [0.2, 0.25) is 0 Å². The Kier molecular flexibility index (Phi) is 9.17. The summed E-state index contributed by atoms with van der Waals surface area (Å²) in [6.07, 6.45) is 0. The number of hydrogen-bond acceptors (Lipinski definition) is 3. The lowest BCUT2D eigenvalue weighted by atomic mass is 10.1. The number of aryl methyl sites for hydroxylation is 1. The minimum Gasteiger partial charge on any atom is -0.478 e. The highest BCUT2D eigenvalue weighted by molar-refractivity contribution is 14.1. The van der Waals surface area contributed by atoms with Crippen molar-refractivity contribution in [1.29, 1.82) is 0 Å². The Bertz CT molecular complexity index is 779. The molecule has 8 heteroatoms. The molecule has 0 bridgehead atoms. The van der Waals surface area contributed by atoms with Gasteiger partial charge in [-0.2, -0.15) is 0 Å². The molecule has 1 N–H and O–H groups in total. The quantitative estimate of drug-likeness (QED) is 0.317. The summed E-state index contributed by atoms with van der Waals surface area (Å²) in [7, 11) is 1.37. The third kappa shape index (κ3) is 6.26. The molecular weight excluding hydrogens is 670 g/mol. The molecule has 2 aromatic rings. The Morgan fingerprint density at radius 2 is 1.62 bits per heavy atom. The zero-order valence-electron chi connectivity index (χ0n) is 12.6. The summed E-state index contributed by atoms with van der Waals surface area (Å²) in [4.78, 5) is 21.8. The molecule has 0 aliphatic rings. The molecule has 0 unspecified atom stereocenters. The van der Waals surface area contributed by atoms with Crippen LogP contribution in [0.15, 0.2) is 39.3 Å². The summed E-state index contributed by atoms with van der Waals surface area (Å²) in [6.45, 7) is 1.89. The minimum atomic E-state index is -0.885.